The Morgan fingerprint density at radius 3 is 2.46 bits per heavy atom. The van der Waals surface area contributed by atoms with Gasteiger partial charge in [0.1, 0.15) is 11.5 Å². The van der Waals surface area contributed by atoms with Crippen LogP contribution in [0.2, 0.25) is 10.0 Å². The number of allylic oxidation sites excluding steroid dienone is 1. The van der Waals surface area contributed by atoms with E-state index in [1.54, 1.807) is 24.3 Å². The van der Waals surface area contributed by atoms with Gasteiger partial charge in [-0.1, -0.05) is 47.1 Å². The molecule has 0 unspecified atom stereocenters. The van der Waals surface area contributed by atoms with Gasteiger partial charge in [0.15, 0.2) is 0 Å². The first-order valence-electron chi connectivity index (χ1n) is 7.20. The summed E-state index contributed by atoms with van der Waals surface area (Å²) in [7, 11) is 0. The molecule has 4 rings (SSSR count). The van der Waals surface area contributed by atoms with Crippen LogP contribution in [0.15, 0.2) is 68.8 Å². The number of carbonyl (C=O) groups is 1. The van der Waals surface area contributed by atoms with Gasteiger partial charge in [-0.05, 0) is 48.5 Å². The molecule has 1 aliphatic heterocycles. The standard InChI is InChI=1S/C19H10Cl2O2S/c20-12-7-11(8-13(21)9-12)16-6-5-14(23-16)10-18-19(22)15-3-1-2-4-17(15)24-18/h1-10H/b18-10-. The number of ketones is 1. The van der Waals surface area contributed by atoms with Crippen molar-refractivity contribution in [1.82, 2.24) is 0 Å². The quantitative estimate of drug-likeness (QED) is 0.475. The molecule has 0 spiro atoms. The van der Waals surface area contributed by atoms with Crippen LogP contribution in [0.4, 0.5) is 0 Å². The van der Waals surface area contributed by atoms with Crippen LogP contribution in [0.3, 0.4) is 0 Å². The molecule has 5 heteroatoms. The third-order valence-electron chi connectivity index (χ3n) is 3.62. The molecule has 2 aromatic carbocycles. The molecule has 0 fully saturated rings. The van der Waals surface area contributed by atoms with Gasteiger partial charge in [0.25, 0.3) is 0 Å². The zero-order valence-electron chi connectivity index (χ0n) is 12.3. The summed E-state index contributed by atoms with van der Waals surface area (Å²) in [6.45, 7) is 0. The predicted octanol–water partition coefficient (Wildman–Crippen LogP) is 6.58. The van der Waals surface area contributed by atoms with E-state index in [2.05, 4.69) is 0 Å². The number of furan rings is 1. The SMILES string of the molecule is O=C1/C(=C/c2ccc(-c3cc(Cl)cc(Cl)c3)o2)Sc2ccccc21. The maximum atomic E-state index is 12.4. The minimum atomic E-state index is 0.0272. The number of Topliss-reactive ketones (excluding diaryl/α,β-unsaturated/α-hetero) is 1. The van der Waals surface area contributed by atoms with Crippen LogP contribution in [0, 0.1) is 0 Å². The minimum Gasteiger partial charge on any atom is -0.457 e. The molecule has 3 aromatic rings. The number of benzene rings is 2. The monoisotopic (exact) mass is 372 g/mol. The van der Waals surface area contributed by atoms with Gasteiger partial charge in [0, 0.05) is 26.1 Å². The highest BCUT2D eigenvalue weighted by Gasteiger charge is 2.25. The highest BCUT2D eigenvalue weighted by Crippen LogP contribution is 2.41. The van der Waals surface area contributed by atoms with Crippen LogP contribution in [0.1, 0.15) is 16.1 Å². The van der Waals surface area contributed by atoms with E-state index in [0.717, 1.165) is 16.0 Å². The van der Waals surface area contributed by atoms with Crippen molar-refractivity contribution in [3.05, 3.63) is 80.9 Å². The highest BCUT2D eigenvalue weighted by atomic mass is 35.5. The average Bonchev–Trinajstić information content (AvgIpc) is 3.13. The van der Waals surface area contributed by atoms with Crippen molar-refractivity contribution in [2.45, 2.75) is 4.90 Å². The Bertz CT molecular complexity index is 968. The first-order valence-corrected chi connectivity index (χ1v) is 8.77. The number of hydrogen-bond acceptors (Lipinski definition) is 3. The topological polar surface area (TPSA) is 30.2 Å². The third-order valence-corrected chi connectivity index (χ3v) is 5.16. The Morgan fingerprint density at radius 1 is 0.958 bits per heavy atom. The van der Waals surface area contributed by atoms with Crippen molar-refractivity contribution in [2.75, 3.05) is 0 Å². The number of carbonyl (C=O) groups excluding carboxylic acids is 1. The van der Waals surface area contributed by atoms with Crippen LogP contribution in [0.5, 0.6) is 0 Å². The predicted molar refractivity (Wildman–Crippen MR) is 98.8 cm³/mol. The van der Waals surface area contributed by atoms with E-state index in [0.29, 0.717) is 26.5 Å². The van der Waals surface area contributed by atoms with Gasteiger partial charge in [0.2, 0.25) is 5.78 Å². The lowest BCUT2D eigenvalue weighted by atomic mass is 10.1. The molecule has 2 heterocycles. The normalized spacial score (nSPS) is 15.1. The molecule has 0 saturated heterocycles. The average molecular weight is 373 g/mol. The van der Waals surface area contributed by atoms with Crippen molar-refractivity contribution in [2.24, 2.45) is 0 Å². The van der Waals surface area contributed by atoms with Gasteiger partial charge < -0.3 is 4.42 Å². The number of hydrogen-bond donors (Lipinski definition) is 0. The summed E-state index contributed by atoms with van der Waals surface area (Å²) < 4.78 is 5.83. The number of fused-ring (bicyclic) bond motifs is 1. The van der Waals surface area contributed by atoms with E-state index in [4.69, 9.17) is 27.6 Å². The third kappa shape index (κ3) is 2.91. The van der Waals surface area contributed by atoms with E-state index < -0.39 is 0 Å². The summed E-state index contributed by atoms with van der Waals surface area (Å²) in [5.41, 5.74) is 1.54. The summed E-state index contributed by atoms with van der Waals surface area (Å²) in [5, 5.41) is 1.09. The molecule has 1 aromatic heterocycles. The molecule has 24 heavy (non-hydrogen) atoms. The molecule has 2 nitrogen and oxygen atoms in total. The van der Waals surface area contributed by atoms with Crippen molar-refractivity contribution in [1.29, 1.82) is 0 Å². The van der Waals surface area contributed by atoms with Gasteiger partial charge in [-0.25, -0.2) is 0 Å². The smallest absolute Gasteiger partial charge is 0.200 e. The lowest BCUT2D eigenvalue weighted by Crippen LogP contribution is -1.93. The molecule has 0 radical (unpaired) electrons. The fourth-order valence-corrected chi connectivity index (χ4v) is 4.10. The zero-order valence-corrected chi connectivity index (χ0v) is 14.6. The van der Waals surface area contributed by atoms with Crippen LogP contribution < -0.4 is 0 Å². The number of halogens is 2. The largest absolute Gasteiger partial charge is 0.457 e. The highest BCUT2D eigenvalue weighted by molar-refractivity contribution is 8.04. The van der Waals surface area contributed by atoms with E-state index in [9.17, 15) is 4.79 Å². The molecule has 1 aliphatic rings. The van der Waals surface area contributed by atoms with Gasteiger partial charge in [-0.2, -0.15) is 0 Å². The Balaban J connectivity index is 1.66. The van der Waals surface area contributed by atoms with Crippen molar-refractivity contribution >= 4 is 46.8 Å². The van der Waals surface area contributed by atoms with Crippen LogP contribution in [-0.4, -0.2) is 5.78 Å². The Kier molecular flexibility index (Phi) is 4.01. The van der Waals surface area contributed by atoms with Gasteiger partial charge in [0.05, 0.1) is 4.91 Å². The summed E-state index contributed by atoms with van der Waals surface area (Å²) in [6, 6.07) is 16.5. The first kappa shape index (κ1) is 15.6. The van der Waals surface area contributed by atoms with Crippen molar-refractivity contribution in [3.8, 4) is 11.3 Å². The molecule has 0 bridgehead atoms. The Morgan fingerprint density at radius 2 is 1.71 bits per heavy atom. The summed E-state index contributed by atoms with van der Waals surface area (Å²) >= 11 is 13.5. The van der Waals surface area contributed by atoms with Crippen molar-refractivity contribution < 1.29 is 9.21 Å². The van der Waals surface area contributed by atoms with E-state index in [1.807, 2.05) is 36.4 Å². The van der Waals surface area contributed by atoms with Crippen LogP contribution in [-0.2, 0) is 0 Å². The fraction of sp³-hybridized carbons (Fsp3) is 0. The van der Waals surface area contributed by atoms with Crippen LogP contribution >= 0.6 is 35.0 Å². The summed E-state index contributed by atoms with van der Waals surface area (Å²) in [5.74, 6) is 1.29. The fourth-order valence-electron chi connectivity index (χ4n) is 2.55. The lowest BCUT2D eigenvalue weighted by molar-refractivity contribution is 0.104. The maximum absolute atomic E-state index is 12.4. The maximum Gasteiger partial charge on any atom is 0.200 e. The van der Waals surface area contributed by atoms with Gasteiger partial charge in [-0.15, -0.1) is 0 Å². The molecule has 118 valence electrons. The first-order chi connectivity index (χ1) is 11.6. The summed E-state index contributed by atoms with van der Waals surface area (Å²) in [4.78, 5) is 14.0. The van der Waals surface area contributed by atoms with Crippen LogP contribution in [0.25, 0.3) is 17.4 Å². The second-order valence-corrected chi connectivity index (χ2v) is 7.25. The Labute approximate surface area is 153 Å². The zero-order chi connectivity index (χ0) is 16.7. The molecular weight excluding hydrogens is 363 g/mol. The number of thioether (sulfide) groups is 1. The second kappa shape index (κ2) is 6.17. The minimum absolute atomic E-state index is 0.0272. The van der Waals surface area contributed by atoms with Gasteiger partial charge in [-0.3, -0.25) is 4.79 Å². The molecule has 0 aliphatic carbocycles. The van der Waals surface area contributed by atoms with E-state index >= 15 is 0 Å². The lowest BCUT2D eigenvalue weighted by Gasteiger charge is -1.99. The van der Waals surface area contributed by atoms with Crippen molar-refractivity contribution in [3.63, 3.8) is 0 Å². The molecule has 0 amide bonds. The second-order valence-electron chi connectivity index (χ2n) is 5.30. The molecule has 0 N–H and O–H groups in total. The Hall–Kier alpha value is -1.94. The van der Waals surface area contributed by atoms with Gasteiger partial charge >= 0.3 is 0 Å². The van der Waals surface area contributed by atoms with E-state index in [1.165, 1.54) is 11.8 Å². The molecule has 0 atom stereocenters. The summed E-state index contributed by atoms with van der Waals surface area (Å²) in [6.07, 6.45) is 1.77. The number of rotatable bonds is 2. The van der Waals surface area contributed by atoms with E-state index in [-0.39, 0.29) is 5.78 Å². The molecule has 0 saturated carbocycles. The molecular formula is C19H10Cl2O2S.